The van der Waals surface area contributed by atoms with Gasteiger partial charge in [-0.25, -0.2) is 0 Å². The molecular formula is C73H130N4. The standard InChI is InChI=1S/C16H33N.C16H29N.C15H21N.C14H22.C12H25N/c2*1-14(2,3)12-10-11-17(16(7,8)9)13(12)15(4,5)6;1-10(2)13-8-11-6-7-12(15(3,4)5)9-14(11)16-13;1-13(2,3)11-7-9-12(10-8-11)14(4,5)6;1-8(2)11-7-13(10(5)6)12(11)9(3)4/h12-13H,10-11H2,1-9H3;10-11H,1-9H3;6-7,9-10H,8H2,1-5H3;7-10H,1-6H3;8-12H,7H2,1-6H3. The van der Waals surface area contributed by atoms with Crippen molar-refractivity contribution >= 4 is 11.4 Å². The molecule has 0 radical (unpaired) electrons. The largest absolute Gasteiger partial charge is 0.345 e. The van der Waals surface area contributed by atoms with E-state index in [1.165, 1.54) is 64.4 Å². The van der Waals surface area contributed by atoms with Gasteiger partial charge in [0.05, 0.1) is 5.69 Å². The number of aromatic nitrogens is 1. The normalized spacial score (nSPS) is 20.1. The highest BCUT2D eigenvalue weighted by Crippen LogP contribution is 2.48. The first-order chi connectivity index (χ1) is 34.2. The van der Waals surface area contributed by atoms with E-state index in [-0.39, 0.29) is 38.2 Å². The highest BCUT2D eigenvalue weighted by Gasteiger charge is 2.49. The minimum atomic E-state index is 0.145. The van der Waals surface area contributed by atoms with Crippen LogP contribution in [-0.4, -0.2) is 56.8 Å². The summed E-state index contributed by atoms with van der Waals surface area (Å²) in [6.07, 6.45) is 4.64. The third-order valence-electron chi connectivity index (χ3n) is 16.7. The molecule has 0 spiro atoms. The summed E-state index contributed by atoms with van der Waals surface area (Å²) in [5.41, 5.74) is 13.4. The van der Waals surface area contributed by atoms with E-state index in [9.17, 15) is 0 Å². The number of nitrogens with zero attached hydrogens (tertiary/aromatic N) is 4. The van der Waals surface area contributed by atoms with Crippen LogP contribution >= 0.6 is 0 Å². The second-order valence-corrected chi connectivity index (χ2v) is 34.6. The van der Waals surface area contributed by atoms with E-state index in [1.807, 2.05) is 0 Å². The molecule has 0 aliphatic carbocycles. The summed E-state index contributed by atoms with van der Waals surface area (Å²) in [6, 6.07) is 20.3. The SMILES string of the molecule is CC(C)(C)C1CCN(C(C)(C)C)C1C(C)(C)C.CC(C)(C)c1ccc(C(C)(C)C)cc1.CC(C)(C)c1ccn(C(C)(C)C)c1C(C)(C)C.CC(C)C1=Nc2cc(C(C)(C)C)ccc2C1.CC(C)C1CN(C(C)C)C1C(C)C. The summed E-state index contributed by atoms with van der Waals surface area (Å²) < 4.78 is 2.44. The maximum atomic E-state index is 4.74. The predicted molar refractivity (Wildman–Crippen MR) is 348 cm³/mol. The first-order valence-corrected chi connectivity index (χ1v) is 30.8. The van der Waals surface area contributed by atoms with E-state index in [4.69, 9.17) is 4.99 Å². The van der Waals surface area contributed by atoms with E-state index >= 15 is 0 Å². The van der Waals surface area contributed by atoms with Gasteiger partial charge in [-0.15, -0.1) is 0 Å². The van der Waals surface area contributed by atoms with Crippen molar-refractivity contribution in [1.82, 2.24) is 14.4 Å². The molecule has 6 rings (SSSR count). The molecule has 0 saturated carbocycles. The number of hydrogen-bond acceptors (Lipinski definition) is 3. The topological polar surface area (TPSA) is 23.8 Å². The molecule has 4 heterocycles. The van der Waals surface area contributed by atoms with Gasteiger partial charge >= 0.3 is 0 Å². The highest BCUT2D eigenvalue weighted by atomic mass is 15.3. The van der Waals surface area contributed by atoms with Crippen LogP contribution in [0, 0.1) is 40.4 Å². The van der Waals surface area contributed by atoms with Crippen LogP contribution in [0.4, 0.5) is 5.69 Å². The molecule has 3 aliphatic rings. The number of hydrogen-bond donors (Lipinski definition) is 0. The highest BCUT2D eigenvalue weighted by molar-refractivity contribution is 5.95. The Hall–Kier alpha value is -2.69. The minimum Gasteiger partial charge on any atom is -0.345 e. The Morgan fingerprint density at radius 2 is 0.948 bits per heavy atom. The molecule has 1 aromatic heterocycles. The Kier molecular flexibility index (Phi) is 23.4. The number of benzene rings is 2. The molecule has 4 atom stereocenters. The summed E-state index contributed by atoms with van der Waals surface area (Å²) in [6.45, 7) is 83.4. The molecule has 2 fully saturated rings. The molecule has 2 aromatic carbocycles. The summed E-state index contributed by atoms with van der Waals surface area (Å²) in [5.74, 6) is 3.96. The lowest BCUT2D eigenvalue weighted by Crippen LogP contribution is -2.62. The lowest BCUT2D eigenvalue weighted by molar-refractivity contribution is -0.0588. The van der Waals surface area contributed by atoms with E-state index in [1.54, 1.807) is 0 Å². The number of rotatable bonds is 4. The Balaban J connectivity index is 0.000000330. The summed E-state index contributed by atoms with van der Waals surface area (Å²) >= 11 is 0. The van der Waals surface area contributed by atoms with Gasteiger partial charge in [0.25, 0.3) is 0 Å². The van der Waals surface area contributed by atoms with E-state index < -0.39 is 0 Å². The summed E-state index contributed by atoms with van der Waals surface area (Å²) in [4.78, 5) is 10.1. The zero-order chi connectivity index (χ0) is 60.4. The van der Waals surface area contributed by atoms with Gasteiger partial charge in [0.1, 0.15) is 0 Å². The Morgan fingerprint density at radius 3 is 1.27 bits per heavy atom. The maximum absolute atomic E-state index is 4.74. The van der Waals surface area contributed by atoms with Crippen molar-refractivity contribution in [2.75, 3.05) is 13.1 Å². The lowest BCUT2D eigenvalue weighted by atomic mass is 9.68. The Bertz CT molecular complexity index is 2180. The number of likely N-dealkylation sites (tertiary alicyclic amines) is 2. The number of aliphatic imine (C=N–C) groups is 1. The van der Waals surface area contributed by atoms with Crippen LogP contribution in [0.5, 0.6) is 0 Å². The van der Waals surface area contributed by atoms with Crippen molar-refractivity contribution in [3.05, 3.63) is 88.2 Å². The fourth-order valence-corrected chi connectivity index (χ4v) is 12.0. The zero-order valence-corrected chi connectivity index (χ0v) is 57.9. The van der Waals surface area contributed by atoms with Crippen LogP contribution in [0.3, 0.4) is 0 Å². The van der Waals surface area contributed by atoms with Crippen LogP contribution in [0.25, 0.3) is 0 Å². The summed E-state index contributed by atoms with van der Waals surface area (Å²) in [5, 5.41) is 0. The van der Waals surface area contributed by atoms with Crippen LogP contribution in [-0.2, 0) is 39.0 Å². The molecule has 4 heteroatoms. The molecule has 2 saturated heterocycles. The van der Waals surface area contributed by atoms with E-state index in [2.05, 4.69) is 311 Å². The van der Waals surface area contributed by atoms with Gasteiger partial charge in [-0.1, -0.05) is 223 Å². The second kappa shape index (κ2) is 25.6. The zero-order valence-electron chi connectivity index (χ0n) is 57.9. The lowest BCUT2D eigenvalue weighted by Gasteiger charge is -2.54. The van der Waals surface area contributed by atoms with Gasteiger partial charge in [0.2, 0.25) is 0 Å². The average molecular weight is 1060 g/mol. The van der Waals surface area contributed by atoms with Crippen LogP contribution in [0.15, 0.2) is 59.7 Å². The van der Waals surface area contributed by atoms with Gasteiger partial charge < -0.3 is 4.57 Å². The second-order valence-electron chi connectivity index (χ2n) is 34.6. The molecule has 4 unspecified atom stereocenters. The fraction of sp³-hybridized carbons (Fsp3) is 0.767. The van der Waals surface area contributed by atoms with Gasteiger partial charge in [-0.3, -0.25) is 14.8 Å². The smallest absolute Gasteiger partial charge is 0.0668 e. The molecule has 442 valence electrons. The number of fused-ring (bicyclic) bond motifs is 1. The molecule has 3 aliphatic heterocycles. The molecular weight excluding hydrogens is 933 g/mol. The van der Waals surface area contributed by atoms with Crippen molar-refractivity contribution in [1.29, 1.82) is 0 Å². The molecule has 0 amide bonds. The third kappa shape index (κ3) is 20.1. The van der Waals surface area contributed by atoms with Gasteiger partial charge in [-0.05, 0) is 170 Å². The Labute approximate surface area is 481 Å². The monoisotopic (exact) mass is 1060 g/mol. The third-order valence-corrected chi connectivity index (χ3v) is 16.7. The summed E-state index contributed by atoms with van der Waals surface area (Å²) in [7, 11) is 0. The van der Waals surface area contributed by atoms with Crippen molar-refractivity contribution in [2.24, 2.45) is 45.4 Å². The van der Waals surface area contributed by atoms with Gasteiger partial charge in [0, 0.05) is 65.2 Å². The molecule has 0 bridgehead atoms. The minimum absolute atomic E-state index is 0.145. The van der Waals surface area contributed by atoms with Crippen molar-refractivity contribution in [3.8, 4) is 0 Å². The van der Waals surface area contributed by atoms with Crippen LogP contribution < -0.4 is 0 Å². The first kappa shape index (κ1) is 70.4. The molecule has 3 aromatic rings. The van der Waals surface area contributed by atoms with Crippen molar-refractivity contribution in [2.45, 2.75) is 311 Å². The van der Waals surface area contributed by atoms with Crippen molar-refractivity contribution in [3.63, 3.8) is 0 Å². The molecule has 4 nitrogen and oxygen atoms in total. The molecule has 0 N–H and O–H groups in total. The van der Waals surface area contributed by atoms with Gasteiger partial charge in [-0.2, -0.15) is 0 Å². The predicted octanol–water partition coefficient (Wildman–Crippen LogP) is 21.0. The van der Waals surface area contributed by atoms with E-state index in [0.717, 1.165) is 42.2 Å². The molecule has 77 heavy (non-hydrogen) atoms. The van der Waals surface area contributed by atoms with Crippen molar-refractivity contribution < 1.29 is 0 Å². The van der Waals surface area contributed by atoms with Crippen LogP contribution in [0.2, 0.25) is 0 Å². The first-order valence-electron chi connectivity index (χ1n) is 30.8. The van der Waals surface area contributed by atoms with E-state index in [0.29, 0.717) is 22.8 Å². The van der Waals surface area contributed by atoms with Gasteiger partial charge in [0.15, 0.2) is 0 Å². The Morgan fingerprint density at radius 1 is 0.494 bits per heavy atom. The van der Waals surface area contributed by atoms with Crippen LogP contribution in [0.1, 0.15) is 282 Å². The quantitative estimate of drug-likeness (QED) is 0.260. The fourth-order valence-electron chi connectivity index (χ4n) is 12.0. The maximum Gasteiger partial charge on any atom is 0.0668 e. The average Bonchev–Trinajstić information content (AvgIpc) is 3.97.